The molecule has 18 heavy (non-hydrogen) atoms. The molecule has 0 aliphatic heterocycles. The van der Waals surface area contributed by atoms with E-state index in [-0.39, 0.29) is 0 Å². The standard InChI is InChI=1S/C18H16/c1-14-6-5-9-16(12-14)18-11-10-15-7-3-2-4-8-17(15)13-18/h2-3,5-13H,4H2,1H3. The van der Waals surface area contributed by atoms with Crippen molar-refractivity contribution in [3.8, 4) is 11.1 Å². The summed E-state index contributed by atoms with van der Waals surface area (Å²) in [5, 5.41) is 2.64. The van der Waals surface area contributed by atoms with E-state index in [0.29, 0.717) is 0 Å². The van der Waals surface area contributed by atoms with E-state index in [1.807, 2.05) is 0 Å². The van der Waals surface area contributed by atoms with Crippen molar-refractivity contribution >= 4 is 12.2 Å². The Bertz CT molecular complexity index is 718. The first kappa shape index (κ1) is 11.0. The molecule has 0 bridgehead atoms. The van der Waals surface area contributed by atoms with Gasteiger partial charge in [0, 0.05) is 0 Å². The molecule has 3 rings (SSSR count). The van der Waals surface area contributed by atoms with E-state index in [4.69, 9.17) is 0 Å². The Labute approximate surface area is 108 Å². The van der Waals surface area contributed by atoms with E-state index in [9.17, 15) is 0 Å². The summed E-state index contributed by atoms with van der Waals surface area (Å²) >= 11 is 0. The van der Waals surface area contributed by atoms with Crippen LogP contribution < -0.4 is 10.4 Å². The van der Waals surface area contributed by atoms with Crippen molar-refractivity contribution in [3.05, 3.63) is 70.6 Å². The monoisotopic (exact) mass is 232 g/mol. The third-order valence-corrected chi connectivity index (χ3v) is 3.32. The van der Waals surface area contributed by atoms with Crippen LogP contribution in [0, 0.1) is 6.92 Å². The van der Waals surface area contributed by atoms with Crippen LogP contribution in [-0.4, -0.2) is 0 Å². The predicted octanol–water partition coefficient (Wildman–Crippen LogP) is 3.18. The van der Waals surface area contributed by atoms with Crippen LogP contribution in [-0.2, 0) is 0 Å². The Kier molecular flexibility index (Phi) is 2.85. The summed E-state index contributed by atoms with van der Waals surface area (Å²) < 4.78 is 0. The lowest BCUT2D eigenvalue weighted by Gasteiger charge is -2.03. The molecule has 2 aromatic rings. The van der Waals surface area contributed by atoms with E-state index in [1.165, 1.54) is 27.1 Å². The lowest BCUT2D eigenvalue weighted by molar-refractivity contribution is 1.43. The molecule has 1 aliphatic rings. The van der Waals surface area contributed by atoms with Crippen molar-refractivity contribution in [2.75, 3.05) is 0 Å². The van der Waals surface area contributed by atoms with Crippen molar-refractivity contribution in [2.24, 2.45) is 0 Å². The van der Waals surface area contributed by atoms with E-state index < -0.39 is 0 Å². The quantitative estimate of drug-likeness (QED) is 0.708. The second kappa shape index (κ2) is 4.66. The van der Waals surface area contributed by atoms with Crippen LogP contribution in [0.15, 0.2) is 54.6 Å². The molecular formula is C18H16. The van der Waals surface area contributed by atoms with Gasteiger partial charge in [0.1, 0.15) is 0 Å². The average molecular weight is 232 g/mol. The Hall–Kier alpha value is -2.08. The molecule has 0 fully saturated rings. The van der Waals surface area contributed by atoms with Gasteiger partial charge in [0.15, 0.2) is 0 Å². The maximum Gasteiger partial charge on any atom is -0.0157 e. The SMILES string of the molecule is Cc1cccc(-c2ccc3c(c2)=CCC=CC=3)c1. The Morgan fingerprint density at radius 2 is 1.78 bits per heavy atom. The van der Waals surface area contributed by atoms with Crippen LogP contribution in [0.2, 0.25) is 0 Å². The number of hydrogen-bond acceptors (Lipinski definition) is 0. The molecule has 0 saturated carbocycles. The highest BCUT2D eigenvalue weighted by Gasteiger charge is 1.98. The van der Waals surface area contributed by atoms with Crippen molar-refractivity contribution in [2.45, 2.75) is 13.3 Å². The van der Waals surface area contributed by atoms with Crippen LogP contribution in [0.3, 0.4) is 0 Å². The Morgan fingerprint density at radius 3 is 2.67 bits per heavy atom. The minimum absolute atomic E-state index is 1.01. The summed E-state index contributed by atoms with van der Waals surface area (Å²) in [4.78, 5) is 0. The fourth-order valence-electron chi connectivity index (χ4n) is 2.35. The molecule has 0 heterocycles. The molecule has 1 aliphatic carbocycles. The van der Waals surface area contributed by atoms with Gasteiger partial charge in [-0.2, -0.15) is 0 Å². The molecular weight excluding hydrogens is 216 g/mol. The van der Waals surface area contributed by atoms with Gasteiger partial charge in [-0.1, -0.05) is 66.3 Å². The first-order valence-corrected chi connectivity index (χ1v) is 6.37. The maximum atomic E-state index is 2.29. The van der Waals surface area contributed by atoms with Gasteiger partial charge >= 0.3 is 0 Å². The number of fused-ring (bicyclic) bond motifs is 1. The van der Waals surface area contributed by atoms with E-state index >= 15 is 0 Å². The lowest BCUT2D eigenvalue weighted by atomic mass is 10.0. The third kappa shape index (κ3) is 2.14. The highest BCUT2D eigenvalue weighted by Crippen LogP contribution is 2.17. The van der Waals surface area contributed by atoms with Crippen LogP contribution >= 0.6 is 0 Å². The topological polar surface area (TPSA) is 0 Å². The molecule has 0 aromatic heterocycles. The predicted molar refractivity (Wildman–Crippen MR) is 78.6 cm³/mol. The van der Waals surface area contributed by atoms with Crippen LogP contribution in [0.4, 0.5) is 0 Å². The van der Waals surface area contributed by atoms with Crippen molar-refractivity contribution in [1.82, 2.24) is 0 Å². The average Bonchev–Trinajstić information content (AvgIpc) is 2.63. The molecule has 0 saturated heterocycles. The fourth-order valence-corrected chi connectivity index (χ4v) is 2.35. The van der Waals surface area contributed by atoms with Gasteiger partial charge in [-0.25, -0.2) is 0 Å². The van der Waals surface area contributed by atoms with Gasteiger partial charge in [0.05, 0.1) is 0 Å². The molecule has 0 nitrogen and oxygen atoms in total. The highest BCUT2D eigenvalue weighted by atomic mass is 14.0. The Morgan fingerprint density at radius 1 is 0.889 bits per heavy atom. The van der Waals surface area contributed by atoms with E-state index in [2.05, 4.69) is 73.7 Å². The van der Waals surface area contributed by atoms with Crippen molar-refractivity contribution in [3.63, 3.8) is 0 Å². The summed E-state index contributed by atoms with van der Waals surface area (Å²) in [6, 6.07) is 15.4. The van der Waals surface area contributed by atoms with E-state index in [0.717, 1.165) is 6.42 Å². The summed E-state index contributed by atoms with van der Waals surface area (Å²) in [6.07, 6.45) is 9.80. The largest absolute Gasteiger partial charge is 0.0807 e. The number of allylic oxidation sites excluding steroid dienone is 2. The zero-order valence-electron chi connectivity index (χ0n) is 10.6. The summed E-state index contributed by atoms with van der Waals surface area (Å²) in [7, 11) is 0. The first-order chi connectivity index (χ1) is 8.83. The van der Waals surface area contributed by atoms with Crippen LogP contribution in [0.25, 0.3) is 23.3 Å². The molecule has 0 radical (unpaired) electrons. The fraction of sp³-hybridized carbons (Fsp3) is 0.111. The summed E-state index contributed by atoms with van der Waals surface area (Å²) in [5.74, 6) is 0. The zero-order chi connectivity index (χ0) is 12.4. The summed E-state index contributed by atoms with van der Waals surface area (Å²) in [5.41, 5.74) is 3.90. The smallest absolute Gasteiger partial charge is 0.0157 e. The van der Waals surface area contributed by atoms with Gasteiger partial charge in [-0.05, 0) is 41.0 Å². The minimum atomic E-state index is 1.01. The first-order valence-electron chi connectivity index (χ1n) is 6.37. The number of benzene rings is 2. The highest BCUT2D eigenvalue weighted by molar-refractivity contribution is 5.65. The van der Waals surface area contributed by atoms with Gasteiger partial charge in [0.2, 0.25) is 0 Å². The third-order valence-electron chi connectivity index (χ3n) is 3.32. The molecule has 2 aromatic carbocycles. The Balaban J connectivity index is 2.17. The molecule has 88 valence electrons. The number of aryl methyl sites for hydroxylation is 1. The van der Waals surface area contributed by atoms with Gasteiger partial charge in [-0.15, -0.1) is 0 Å². The number of hydrogen-bond donors (Lipinski definition) is 0. The van der Waals surface area contributed by atoms with Crippen LogP contribution in [0.5, 0.6) is 0 Å². The lowest BCUT2D eigenvalue weighted by Crippen LogP contribution is -2.23. The molecule has 0 atom stereocenters. The van der Waals surface area contributed by atoms with Gasteiger partial charge in [-0.3, -0.25) is 0 Å². The minimum Gasteiger partial charge on any atom is -0.0807 e. The molecule has 0 amide bonds. The van der Waals surface area contributed by atoms with Crippen molar-refractivity contribution in [1.29, 1.82) is 0 Å². The van der Waals surface area contributed by atoms with Crippen LogP contribution in [0.1, 0.15) is 12.0 Å². The second-order valence-electron chi connectivity index (χ2n) is 4.75. The normalized spacial score (nSPS) is 13.2. The second-order valence-corrected chi connectivity index (χ2v) is 4.75. The maximum absolute atomic E-state index is 2.29. The molecule has 0 spiro atoms. The van der Waals surface area contributed by atoms with Crippen molar-refractivity contribution < 1.29 is 0 Å². The molecule has 0 N–H and O–H groups in total. The van der Waals surface area contributed by atoms with E-state index in [1.54, 1.807) is 0 Å². The number of rotatable bonds is 1. The summed E-state index contributed by atoms with van der Waals surface area (Å²) in [6.45, 7) is 2.14. The van der Waals surface area contributed by atoms with Gasteiger partial charge < -0.3 is 0 Å². The molecule has 0 unspecified atom stereocenters. The van der Waals surface area contributed by atoms with Gasteiger partial charge in [0.25, 0.3) is 0 Å². The molecule has 0 heteroatoms. The zero-order valence-corrected chi connectivity index (χ0v) is 10.6.